The summed E-state index contributed by atoms with van der Waals surface area (Å²) in [5.74, 6) is 2.17. The highest BCUT2D eigenvalue weighted by Gasteiger charge is 2.30. The van der Waals surface area contributed by atoms with Gasteiger partial charge in [-0.05, 0) is 48.2 Å². The molecule has 2 aromatic carbocycles. The summed E-state index contributed by atoms with van der Waals surface area (Å²) in [5.41, 5.74) is 3.30. The number of hydrogen-bond donors (Lipinski definition) is 0. The van der Waals surface area contributed by atoms with E-state index in [2.05, 4.69) is 43.9 Å². The third kappa shape index (κ3) is 5.65. The molecule has 2 saturated heterocycles. The molecule has 1 saturated carbocycles. The zero-order valence-corrected chi connectivity index (χ0v) is 22.4. The quantitative estimate of drug-likeness (QED) is 0.543. The SMILES string of the molecule is COc1cc(-c2ccc(N3CCN(CC(=O)N4CCN(C5CCC5)CC4)CC3)cc2)cc(OC)c1OC. The first kappa shape index (κ1) is 25.7. The third-order valence-corrected chi connectivity index (χ3v) is 8.22. The maximum absolute atomic E-state index is 12.9. The minimum atomic E-state index is 0.288. The molecule has 2 aromatic rings. The third-order valence-electron chi connectivity index (χ3n) is 8.22. The van der Waals surface area contributed by atoms with Crippen LogP contribution in [-0.2, 0) is 4.79 Å². The Morgan fingerprint density at radius 1 is 0.784 bits per heavy atom. The first-order valence-electron chi connectivity index (χ1n) is 13.5. The Hall–Kier alpha value is -2.97. The molecule has 8 nitrogen and oxygen atoms in total. The molecule has 0 atom stereocenters. The maximum atomic E-state index is 12.9. The molecule has 0 unspecified atom stereocenters. The fourth-order valence-corrected chi connectivity index (χ4v) is 5.66. The molecule has 0 bridgehead atoms. The lowest BCUT2D eigenvalue weighted by Gasteiger charge is -2.43. The van der Waals surface area contributed by atoms with Crippen molar-refractivity contribution in [1.82, 2.24) is 14.7 Å². The first-order chi connectivity index (χ1) is 18.1. The van der Waals surface area contributed by atoms with Crippen molar-refractivity contribution in [2.75, 3.05) is 85.1 Å². The van der Waals surface area contributed by atoms with Crippen LogP contribution in [0.15, 0.2) is 36.4 Å². The van der Waals surface area contributed by atoms with Crippen molar-refractivity contribution >= 4 is 11.6 Å². The van der Waals surface area contributed by atoms with E-state index in [1.54, 1.807) is 21.3 Å². The number of carbonyl (C=O) groups is 1. The summed E-state index contributed by atoms with van der Waals surface area (Å²) < 4.78 is 16.5. The van der Waals surface area contributed by atoms with Crippen LogP contribution in [-0.4, -0.2) is 107 Å². The van der Waals surface area contributed by atoms with Gasteiger partial charge in [0.1, 0.15) is 0 Å². The molecular formula is C29H40N4O4. The fourth-order valence-electron chi connectivity index (χ4n) is 5.66. The molecule has 1 aliphatic carbocycles. The topological polar surface area (TPSA) is 57.7 Å². The van der Waals surface area contributed by atoms with Crippen molar-refractivity contribution in [2.45, 2.75) is 25.3 Å². The van der Waals surface area contributed by atoms with Gasteiger partial charge in [0, 0.05) is 64.1 Å². The van der Waals surface area contributed by atoms with Crippen LogP contribution in [0.4, 0.5) is 5.69 Å². The Bertz CT molecular complexity index is 1030. The lowest BCUT2D eigenvalue weighted by atomic mass is 9.91. The largest absolute Gasteiger partial charge is 0.493 e. The molecule has 37 heavy (non-hydrogen) atoms. The van der Waals surface area contributed by atoms with Crippen molar-refractivity contribution < 1.29 is 19.0 Å². The van der Waals surface area contributed by atoms with Crippen molar-refractivity contribution in [3.63, 3.8) is 0 Å². The average Bonchev–Trinajstić information content (AvgIpc) is 2.92. The summed E-state index contributed by atoms with van der Waals surface area (Å²) in [7, 11) is 4.88. The maximum Gasteiger partial charge on any atom is 0.236 e. The number of methoxy groups -OCH3 is 3. The van der Waals surface area contributed by atoms with E-state index in [1.807, 2.05) is 12.1 Å². The van der Waals surface area contributed by atoms with Gasteiger partial charge in [-0.2, -0.15) is 0 Å². The van der Waals surface area contributed by atoms with Crippen LogP contribution in [0, 0.1) is 0 Å². The second-order valence-corrected chi connectivity index (χ2v) is 10.2. The van der Waals surface area contributed by atoms with Crippen LogP contribution in [0.5, 0.6) is 17.2 Å². The van der Waals surface area contributed by atoms with Crippen LogP contribution in [0.2, 0.25) is 0 Å². The zero-order valence-electron chi connectivity index (χ0n) is 22.4. The molecular weight excluding hydrogens is 468 g/mol. The molecule has 3 aliphatic rings. The number of piperazine rings is 2. The van der Waals surface area contributed by atoms with Gasteiger partial charge in [0.15, 0.2) is 11.5 Å². The second kappa shape index (κ2) is 11.6. The molecule has 2 heterocycles. The van der Waals surface area contributed by atoms with E-state index in [4.69, 9.17) is 14.2 Å². The standard InChI is InChI=1S/C29H40N4O4/c1-35-26-19-23(20-27(36-2)29(26)37-3)22-7-9-25(10-8-22)31-13-11-30(12-14-31)21-28(34)33-17-15-32(16-18-33)24-5-4-6-24/h7-10,19-20,24H,4-6,11-18,21H2,1-3H3. The van der Waals surface area contributed by atoms with Gasteiger partial charge in [-0.15, -0.1) is 0 Å². The molecule has 3 fully saturated rings. The Labute approximate surface area is 220 Å². The second-order valence-electron chi connectivity index (χ2n) is 10.2. The van der Waals surface area contributed by atoms with Gasteiger partial charge in [-0.1, -0.05) is 18.6 Å². The van der Waals surface area contributed by atoms with Gasteiger partial charge in [0.25, 0.3) is 0 Å². The van der Waals surface area contributed by atoms with E-state index in [0.717, 1.165) is 69.5 Å². The molecule has 2 aliphatic heterocycles. The van der Waals surface area contributed by atoms with Crippen LogP contribution in [0.25, 0.3) is 11.1 Å². The van der Waals surface area contributed by atoms with E-state index < -0.39 is 0 Å². The van der Waals surface area contributed by atoms with Crippen molar-refractivity contribution in [3.8, 4) is 28.4 Å². The minimum absolute atomic E-state index is 0.288. The van der Waals surface area contributed by atoms with Gasteiger partial charge in [-0.25, -0.2) is 0 Å². The number of nitrogens with zero attached hydrogens (tertiary/aromatic N) is 4. The van der Waals surface area contributed by atoms with Gasteiger partial charge in [-0.3, -0.25) is 14.6 Å². The number of hydrogen-bond acceptors (Lipinski definition) is 7. The van der Waals surface area contributed by atoms with Gasteiger partial charge in [0.2, 0.25) is 11.7 Å². The Balaban J connectivity index is 1.13. The van der Waals surface area contributed by atoms with Crippen LogP contribution in [0.1, 0.15) is 19.3 Å². The van der Waals surface area contributed by atoms with E-state index in [-0.39, 0.29) is 5.91 Å². The molecule has 1 amide bonds. The summed E-state index contributed by atoms with van der Waals surface area (Å²) >= 11 is 0. The van der Waals surface area contributed by atoms with Gasteiger partial charge < -0.3 is 24.0 Å². The smallest absolute Gasteiger partial charge is 0.236 e. The van der Waals surface area contributed by atoms with E-state index in [0.29, 0.717) is 23.8 Å². The Morgan fingerprint density at radius 2 is 1.41 bits per heavy atom. The monoisotopic (exact) mass is 508 g/mol. The number of anilines is 1. The number of ether oxygens (including phenoxy) is 3. The Morgan fingerprint density at radius 3 is 1.92 bits per heavy atom. The van der Waals surface area contributed by atoms with Crippen LogP contribution < -0.4 is 19.1 Å². The highest BCUT2D eigenvalue weighted by molar-refractivity contribution is 5.78. The highest BCUT2D eigenvalue weighted by Crippen LogP contribution is 2.41. The molecule has 0 spiro atoms. The summed E-state index contributed by atoms with van der Waals surface area (Å²) in [6, 6.07) is 13.3. The Kier molecular flexibility index (Phi) is 8.05. The molecule has 0 N–H and O–H groups in total. The molecule has 0 radical (unpaired) electrons. The van der Waals surface area contributed by atoms with Crippen molar-refractivity contribution in [3.05, 3.63) is 36.4 Å². The first-order valence-corrected chi connectivity index (χ1v) is 13.5. The summed E-state index contributed by atoms with van der Waals surface area (Å²) in [4.78, 5) is 22.3. The summed E-state index contributed by atoms with van der Waals surface area (Å²) in [6.45, 7) is 8.04. The lowest BCUT2D eigenvalue weighted by Crippen LogP contribution is -2.56. The lowest BCUT2D eigenvalue weighted by molar-refractivity contribution is -0.134. The molecule has 0 aromatic heterocycles. The van der Waals surface area contributed by atoms with Crippen LogP contribution in [0.3, 0.4) is 0 Å². The fraction of sp³-hybridized carbons (Fsp3) is 0.552. The highest BCUT2D eigenvalue weighted by atomic mass is 16.5. The molecule has 5 rings (SSSR count). The number of amides is 1. The number of carbonyl (C=O) groups excluding carboxylic acids is 1. The van der Waals surface area contributed by atoms with Crippen molar-refractivity contribution in [1.29, 1.82) is 0 Å². The summed E-state index contributed by atoms with van der Waals surface area (Å²) in [6.07, 6.45) is 4.05. The number of rotatable bonds is 8. The molecule has 8 heteroatoms. The normalized spacial score (nSPS) is 19.4. The minimum Gasteiger partial charge on any atom is -0.493 e. The summed E-state index contributed by atoms with van der Waals surface area (Å²) in [5, 5.41) is 0. The van der Waals surface area contributed by atoms with E-state index >= 15 is 0 Å². The number of benzene rings is 2. The molecule has 200 valence electrons. The van der Waals surface area contributed by atoms with E-state index in [1.165, 1.54) is 24.9 Å². The van der Waals surface area contributed by atoms with Gasteiger partial charge >= 0.3 is 0 Å². The predicted molar refractivity (Wildman–Crippen MR) is 146 cm³/mol. The van der Waals surface area contributed by atoms with Crippen LogP contribution >= 0.6 is 0 Å². The average molecular weight is 509 g/mol. The predicted octanol–water partition coefficient (Wildman–Crippen LogP) is 3.20. The van der Waals surface area contributed by atoms with E-state index in [9.17, 15) is 4.79 Å². The van der Waals surface area contributed by atoms with Crippen molar-refractivity contribution in [2.24, 2.45) is 0 Å². The van der Waals surface area contributed by atoms with Gasteiger partial charge in [0.05, 0.1) is 27.9 Å². The zero-order chi connectivity index (χ0) is 25.8.